The second kappa shape index (κ2) is 3.70. The van der Waals surface area contributed by atoms with Crippen LogP contribution < -0.4 is 0 Å². The van der Waals surface area contributed by atoms with E-state index in [-0.39, 0.29) is 0 Å². The number of benzene rings is 1. The first kappa shape index (κ1) is 10.2. The Hall–Kier alpha value is -1.28. The van der Waals surface area contributed by atoms with Crippen LogP contribution in [0.4, 0.5) is 0 Å². The van der Waals surface area contributed by atoms with Gasteiger partial charge in [-0.15, -0.1) is 0 Å². The lowest BCUT2D eigenvalue weighted by atomic mass is 9.94. The Morgan fingerprint density at radius 2 is 1.87 bits per heavy atom. The second-order valence-corrected chi connectivity index (χ2v) is 3.89. The summed E-state index contributed by atoms with van der Waals surface area (Å²) in [6.45, 7) is 3.94. The molecule has 0 saturated heterocycles. The van der Waals surface area contributed by atoms with Crippen LogP contribution in [0, 0.1) is 0 Å². The average molecular weight is 204 g/mol. The standard InChI is InChI=1S/C13H16O2/c1-3-13(14,4-2)12-9-10-7-5-6-8-11(10)15-12/h5-9,14H,3-4H2,1-2H3. The number of furan rings is 1. The lowest BCUT2D eigenvalue weighted by molar-refractivity contribution is 0.00832. The maximum absolute atomic E-state index is 10.3. The number of para-hydroxylation sites is 1. The zero-order chi connectivity index (χ0) is 10.9. The highest BCUT2D eigenvalue weighted by atomic mass is 16.4. The van der Waals surface area contributed by atoms with Crippen LogP contribution in [-0.4, -0.2) is 5.11 Å². The molecular formula is C13H16O2. The van der Waals surface area contributed by atoms with Gasteiger partial charge in [0.25, 0.3) is 0 Å². The molecule has 1 aromatic heterocycles. The maximum Gasteiger partial charge on any atom is 0.136 e. The largest absolute Gasteiger partial charge is 0.458 e. The molecule has 0 aliphatic carbocycles. The molecule has 0 amide bonds. The van der Waals surface area contributed by atoms with E-state index in [0.29, 0.717) is 18.6 Å². The summed E-state index contributed by atoms with van der Waals surface area (Å²) in [4.78, 5) is 0. The Morgan fingerprint density at radius 1 is 1.20 bits per heavy atom. The third kappa shape index (κ3) is 1.65. The fourth-order valence-electron chi connectivity index (χ4n) is 1.81. The van der Waals surface area contributed by atoms with E-state index in [9.17, 15) is 5.11 Å². The molecule has 0 saturated carbocycles. The molecule has 15 heavy (non-hydrogen) atoms. The van der Waals surface area contributed by atoms with Crippen molar-refractivity contribution < 1.29 is 9.52 Å². The number of fused-ring (bicyclic) bond motifs is 1. The second-order valence-electron chi connectivity index (χ2n) is 3.89. The van der Waals surface area contributed by atoms with Crippen LogP contribution in [0.2, 0.25) is 0 Å². The average Bonchev–Trinajstić information content (AvgIpc) is 2.72. The fourth-order valence-corrected chi connectivity index (χ4v) is 1.81. The van der Waals surface area contributed by atoms with Crippen molar-refractivity contribution >= 4 is 11.0 Å². The maximum atomic E-state index is 10.3. The predicted molar refractivity (Wildman–Crippen MR) is 60.7 cm³/mol. The summed E-state index contributed by atoms with van der Waals surface area (Å²) in [5.41, 5.74) is 0.0202. The van der Waals surface area contributed by atoms with E-state index in [4.69, 9.17) is 4.42 Å². The summed E-state index contributed by atoms with van der Waals surface area (Å²) in [5.74, 6) is 0.675. The number of hydrogen-bond acceptors (Lipinski definition) is 2. The smallest absolute Gasteiger partial charge is 0.136 e. The van der Waals surface area contributed by atoms with Crippen molar-refractivity contribution in [1.82, 2.24) is 0 Å². The number of aliphatic hydroxyl groups is 1. The summed E-state index contributed by atoms with van der Waals surface area (Å²) in [7, 11) is 0. The highest BCUT2D eigenvalue weighted by molar-refractivity contribution is 5.77. The molecule has 1 aromatic carbocycles. The molecule has 2 nitrogen and oxygen atoms in total. The molecule has 0 fully saturated rings. The van der Waals surface area contributed by atoms with Gasteiger partial charge in [0, 0.05) is 5.39 Å². The highest BCUT2D eigenvalue weighted by Gasteiger charge is 2.28. The molecule has 0 radical (unpaired) electrons. The Balaban J connectivity index is 2.52. The third-order valence-corrected chi connectivity index (χ3v) is 3.05. The zero-order valence-corrected chi connectivity index (χ0v) is 9.16. The van der Waals surface area contributed by atoms with Crippen molar-refractivity contribution in [3.8, 4) is 0 Å². The molecule has 2 heteroatoms. The van der Waals surface area contributed by atoms with Gasteiger partial charge in [-0.1, -0.05) is 32.0 Å². The molecule has 0 atom stereocenters. The molecule has 0 bridgehead atoms. The van der Waals surface area contributed by atoms with Gasteiger partial charge in [0.05, 0.1) is 0 Å². The minimum atomic E-state index is -0.820. The molecule has 1 N–H and O–H groups in total. The lowest BCUT2D eigenvalue weighted by Gasteiger charge is -2.21. The Bertz CT molecular complexity index is 419. The first-order chi connectivity index (χ1) is 7.19. The van der Waals surface area contributed by atoms with Gasteiger partial charge in [0.1, 0.15) is 16.9 Å². The van der Waals surface area contributed by atoms with Crippen molar-refractivity contribution in [2.75, 3.05) is 0 Å². The van der Waals surface area contributed by atoms with Crippen LogP contribution in [0.3, 0.4) is 0 Å². The monoisotopic (exact) mass is 204 g/mol. The van der Waals surface area contributed by atoms with Gasteiger partial charge in [-0.25, -0.2) is 0 Å². The van der Waals surface area contributed by atoms with Crippen LogP contribution in [0.5, 0.6) is 0 Å². The summed E-state index contributed by atoms with van der Waals surface area (Å²) in [5, 5.41) is 11.4. The molecule has 2 aromatic rings. The SMILES string of the molecule is CCC(O)(CC)c1cc2ccccc2o1. The van der Waals surface area contributed by atoms with E-state index in [1.165, 1.54) is 0 Å². The van der Waals surface area contributed by atoms with Crippen molar-refractivity contribution in [2.24, 2.45) is 0 Å². The normalized spacial score (nSPS) is 12.2. The van der Waals surface area contributed by atoms with Gasteiger partial charge in [-0.2, -0.15) is 0 Å². The Kier molecular flexibility index (Phi) is 2.53. The topological polar surface area (TPSA) is 33.4 Å². The first-order valence-electron chi connectivity index (χ1n) is 5.41. The van der Waals surface area contributed by atoms with E-state index in [1.807, 2.05) is 44.2 Å². The van der Waals surface area contributed by atoms with Gasteiger partial charge in [0.15, 0.2) is 0 Å². The minimum absolute atomic E-state index is 0.670. The zero-order valence-electron chi connectivity index (χ0n) is 9.16. The summed E-state index contributed by atoms with van der Waals surface area (Å²) < 4.78 is 5.66. The number of hydrogen-bond donors (Lipinski definition) is 1. The molecule has 0 aliphatic heterocycles. The molecule has 0 aliphatic rings. The van der Waals surface area contributed by atoms with Gasteiger partial charge >= 0.3 is 0 Å². The summed E-state index contributed by atoms with van der Waals surface area (Å²) in [6.07, 6.45) is 1.34. The van der Waals surface area contributed by atoms with Crippen LogP contribution in [0.25, 0.3) is 11.0 Å². The van der Waals surface area contributed by atoms with Gasteiger partial charge in [0.2, 0.25) is 0 Å². The van der Waals surface area contributed by atoms with E-state index in [0.717, 1.165) is 11.0 Å². The van der Waals surface area contributed by atoms with Crippen molar-refractivity contribution in [2.45, 2.75) is 32.3 Å². The van der Waals surface area contributed by atoms with Crippen LogP contribution in [0.15, 0.2) is 34.7 Å². The summed E-state index contributed by atoms with van der Waals surface area (Å²) >= 11 is 0. The van der Waals surface area contributed by atoms with Crippen LogP contribution in [-0.2, 0) is 5.60 Å². The summed E-state index contributed by atoms with van der Waals surface area (Å²) in [6, 6.07) is 9.76. The van der Waals surface area contributed by atoms with E-state index >= 15 is 0 Å². The fraction of sp³-hybridized carbons (Fsp3) is 0.385. The lowest BCUT2D eigenvalue weighted by Crippen LogP contribution is -2.22. The van der Waals surface area contributed by atoms with Crippen molar-refractivity contribution in [3.05, 3.63) is 36.1 Å². The van der Waals surface area contributed by atoms with Crippen LogP contribution in [0.1, 0.15) is 32.4 Å². The van der Waals surface area contributed by atoms with Gasteiger partial charge in [-0.3, -0.25) is 0 Å². The molecule has 0 spiro atoms. The third-order valence-electron chi connectivity index (χ3n) is 3.05. The molecule has 0 unspecified atom stereocenters. The minimum Gasteiger partial charge on any atom is -0.458 e. The van der Waals surface area contributed by atoms with Gasteiger partial charge in [-0.05, 0) is 25.0 Å². The number of rotatable bonds is 3. The van der Waals surface area contributed by atoms with E-state index < -0.39 is 5.60 Å². The first-order valence-corrected chi connectivity index (χ1v) is 5.41. The van der Waals surface area contributed by atoms with Gasteiger partial charge < -0.3 is 9.52 Å². The molecule has 1 heterocycles. The molecular weight excluding hydrogens is 188 g/mol. The molecule has 2 rings (SSSR count). The van der Waals surface area contributed by atoms with Crippen molar-refractivity contribution in [3.63, 3.8) is 0 Å². The van der Waals surface area contributed by atoms with Crippen molar-refractivity contribution in [1.29, 1.82) is 0 Å². The van der Waals surface area contributed by atoms with E-state index in [2.05, 4.69) is 0 Å². The molecule has 80 valence electrons. The Morgan fingerprint density at radius 3 is 2.47 bits per heavy atom. The quantitative estimate of drug-likeness (QED) is 0.830. The Labute approximate surface area is 89.5 Å². The van der Waals surface area contributed by atoms with E-state index in [1.54, 1.807) is 0 Å². The van der Waals surface area contributed by atoms with Crippen LogP contribution >= 0.6 is 0 Å². The highest BCUT2D eigenvalue weighted by Crippen LogP contribution is 2.32. The predicted octanol–water partition coefficient (Wildman–Crippen LogP) is 3.44.